The number of benzene rings is 1. The van der Waals surface area contributed by atoms with E-state index in [1.54, 1.807) is 31.2 Å². The predicted octanol–water partition coefficient (Wildman–Crippen LogP) is 0.210. The lowest BCUT2D eigenvalue weighted by atomic mass is 10.1. The summed E-state index contributed by atoms with van der Waals surface area (Å²) in [5.74, 6) is 1.49. The van der Waals surface area contributed by atoms with E-state index >= 15 is 0 Å². The highest BCUT2D eigenvalue weighted by Crippen LogP contribution is 2.21. The average molecular weight is 509 g/mol. The van der Waals surface area contributed by atoms with Gasteiger partial charge in [0.15, 0.2) is 5.57 Å². The molecule has 0 atom stereocenters. The summed E-state index contributed by atoms with van der Waals surface area (Å²) in [5, 5.41) is 17.9. The minimum absolute atomic E-state index is 0.0251. The van der Waals surface area contributed by atoms with Crippen LogP contribution in [0.25, 0.3) is 11.8 Å². The lowest BCUT2D eigenvalue weighted by Crippen LogP contribution is -2.44. The second-order valence-electron chi connectivity index (χ2n) is 8.60. The molecular weight excluding hydrogens is 480 g/mol. The fourth-order valence-corrected chi connectivity index (χ4v) is 4.64. The molecule has 0 radical (unpaired) electrons. The third-order valence-corrected chi connectivity index (χ3v) is 6.67. The Labute approximate surface area is 212 Å². The fourth-order valence-electron chi connectivity index (χ4n) is 3.55. The third kappa shape index (κ3) is 6.20. The van der Waals surface area contributed by atoms with Crippen molar-refractivity contribution in [3.63, 3.8) is 0 Å². The van der Waals surface area contributed by atoms with Crippen LogP contribution in [0.3, 0.4) is 0 Å². The van der Waals surface area contributed by atoms with E-state index in [0.29, 0.717) is 29.2 Å². The number of hydrogen-bond donors (Lipinski definition) is 3. The van der Waals surface area contributed by atoms with Gasteiger partial charge in [-0.05, 0) is 39.0 Å². The van der Waals surface area contributed by atoms with Crippen LogP contribution in [0.5, 0.6) is 0 Å². The van der Waals surface area contributed by atoms with Gasteiger partial charge in [-0.15, -0.1) is 17.8 Å². The molecule has 0 aliphatic carbocycles. The van der Waals surface area contributed by atoms with Crippen LogP contribution in [0.15, 0.2) is 29.1 Å². The summed E-state index contributed by atoms with van der Waals surface area (Å²) in [6.07, 6.45) is 6.68. The van der Waals surface area contributed by atoms with Crippen LogP contribution in [0.4, 0.5) is 11.4 Å². The Morgan fingerprint density at radius 1 is 1.33 bits per heavy atom. The molecule has 1 fully saturated rings. The average Bonchev–Trinajstić information content (AvgIpc) is 3.34. The Kier molecular flexibility index (Phi) is 8.67. The third-order valence-electron chi connectivity index (χ3n) is 5.54. The molecule has 1 aromatic carbocycles. The van der Waals surface area contributed by atoms with Gasteiger partial charge in [0.05, 0.1) is 19.7 Å². The lowest BCUT2D eigenvalue weighted by molar-refractivity contribution is -0.118. The topological polar surface area (TPSA) is 128 Å². The summed E-state index contributed by atoms with van der Waals surface area (Å²) in [6, 6.07) is 8.95. The SMILES string of the molecule is C#CCNC(=O)C(C#N)=c1sc(=CNc2cccc(NC(=O)CN3COCC3(C)C)c2)c(=O)n1CC. The number of nitrogens with one attached hydrogen (secondary N) is 3. The van der Waals surface area contributed by atoms with Crippen molar-refractivity contribution in [2.24, 2.45) is 0 Å². The van der Waals surface area contributed by atoms with Crippen molar-refractivity contribution in [2.75, 3.05) is 37.1 Å². The number of nitriles is 1. The maximum atomic E-state index is 12.9. The van der Waals surface area contributed by atoms with E-state index in [-0.39, 0.29) is 46.9 Å². The number of rotatable bonds is 8. The molecular formula is C25H28N6O4S. The van der Waals surface area contributed by atoms with Crippen molar-refractivity contribution < 1.29 is 14.3 Å². The van der Waals surface area contributed by atoms with Crippen LogP contribution < -0.4 is 30.7 Å². The number of hydrogen-bond acceptors (Lipinski definition) is 8. The molecule has 2 heterocycles. The summed E-state index contributed by atoms with van der Waals surface area (Å²) in [5.41, 5.74) is 0.532. The Morgan fingerprint density at radius 3 is 2.72 bits per heavy atom. The number of terminal acetylenes is 1. The Balaban J connectivity index is 1.81. The molecule has 1 aliphatic heterocycles. The molecule has 36 heavy (non-hydrogen) atoms. The van der Waals surface area contributed by atoms with Crippen molar-refractivity contribution in [1.29, 1.82) is 5.26 Å². The maximum absolute atomic E-state index is 12.9. The standard InChI is InChI=1S/C25H28N6O4S/c1-5-10-27-22(33)19(12-26)24-31(6-2)23(34)20(36-24)13-28-17-8-7-9-18(11-17)29-21(32)14-30-16-35-15-25(30,3)4/h1,7-9,11,13,28H,6,10,14-16H2,2-4H3,(H,27,33)(H,29,32). The molecule has 11 heteroatoms. The highest BCUT2D eigenvalue weighted by Gasteiger charge is 2.34. The van der Waals surface area contributed by atoms with Gasteiger partial charge < -0.3 is 20.7 Å². The fraction of sp³-hybridized carbons (Fsp3) is 0.360. The van der Waals surface area contributed by atoms with Gasteiger partial charge in [0.1, 0.15) is 22.0 Å². The van der Waals surface area contributed by atoms with E-state index in [9.17, 15) is 19.6 Å². The number of carbonyl (C=O) groups excluding carboxylic acids is 2. The first-order valence-corrected chi connectivity index (χ1v) is 12.1. The van der Waals surface area contributed by atoms with Gasteiger partial charge in [0, 0.05) is 29.7 Å². The summed E-state index contributed by atoms with van der Waals surface area (Å²) in [6.45, 7) is 7.25. The minimum Gasteiger partial charge on any atom is -0.364 e. The smallest absolute Gasteiger partial charge is 0.270 e. The summed E-state index contributed by atoms with van der Waals surface area (Å²) in [7, 11) is 0. The Bertz CT molecular complexity index is 1410. The summed E-state index contributed by atoms with van der Waals surface area (Å²) < 4.78 is 7.39. The zero-order chi connectivity index (χ0) is 26.3. The zero-order valence-electron chi connectivity index (χ0n) is 20.4. The van der Waals surface area contributed by atoms with Crippen LogP contribution in [0.1, 0.15) is 20.8 Å². The van der Waals surface area contributed by atoms with E-state index in [1.807, 2.05) is 24.8 Å². The zero-order valence-corrected chi connectivity index (χ0v) is 21.2. The quantitative estimate of drug-likeness (QED) is 0.435. The molecule has 0 spiro atoms. The van der Waals surface area contributed by atoms with Crippen LogP contribution in [0, 0.1) is 23.7 Å². The van der Waals surface area contributed by atoms with E-state index < -0.39 is 5.91 Å². The van der Waals surface area contributed by atoms with Crippen molar-refractivity contribution in [1.82, 2.24) is 14.8 Å². The highest BCUT2D eigenvalue weighted by atomic mass is 32.1. The van der Waals surface area contributed by atoms with Gasteiger partial charge in [0.2, 0.25) is 5.91 Å². The number of nitrogens with zero attached hydrogens (tertiary/aromatic N) is 3. The molecule has 0 bridgehead atoms. The molecule has 10 nitrogen and oxygen atoms in total. The highest BCUT2D eigenvalue weighted by molar-refractivity contribution is 7.07. The molecule has 2 amide bonds. The van der Waals surface area contributed by atoms with Crippen molar-refractivity contribution in [3.8, 4) is 18.4 Å². The Hall–Kier alpha value is -3.90. The number of amides is 2. The van der Waals surface area contributed by atoms with Crippen LogP contribution in [-0.4, -0.2) is 53.2 Å². The minimum atomic E-state index is -0.634. The second kappa shape index (κ2) is 11.7. The molecule has 1 aliphatic rings. The van der Waals surface area contributed by atoms with Gasteiger partial charge in [-0.3, -0.25) is 23.9 Å². The number of carbonyl (C=O) groups is 2. The van der Waals surface area contributed by atoms with Gasteiger partial charge in [-0.1, -0.05) is 12.0 Å². The monoisotopic (exact) mass is 508 g/mol. The van der Waals surface area contributed by atoms with Gasteiger partial charge in [0.25, 0.3) is 11.5 Å². The first-order chi connectivity index (χ1) is 17.2. The largest absolute Gasteiger partial charge is 0.364 e. The van der Waals surface area contributed by atoms with Crippen molar-refractivity contribution in [2.45, 2.75) is 32.9 Å². The second-order valence-corrected chi connectivity index (χ2v) is 9.63. The summed E-state index contributed by atoms with van der Waals surface area (Å²) in [4.78, 5) is 39.7. The Morgan fingerprint density at radius 2 is 2.08 bits per heavy atom. The van der Waals surface area contributed by atoms with Crippen molar-refractivity contribution in [3.05, 3.63) is 43.8 Å². The van der Waals surface area contributed by atoms with E-state index in [1.165, 1.54) is 10.8 Å². The number of aromatic nitrogens is 1. The van der Waals surface area contributed by atoms with Crippen molar-refractivity contribution >= 4 is 46.3 Å². The normalized spacial score (nSPS) is 16.1. The molecule has 2 aromatic rings. The van der Waals surface area contributed by atoms with E-state index in [2.05, 4.69) is 21.9 Å². The molecule has 1 aromatic heterocycles. The van der Waals surface area contributed by atoms with Crippen LogP contribution >= 0.6 is 11.3 Å². The van der Waals surface area contributed by atoms with E-state index in [4.69, 9.17) is 11.2 Å². The number of thiazole rings is 1. The molecule has 0 saturated carbocycles. The summed E-state index contributed by atoms with van der Waals surface area (Å²) >= 11 is 1.03. The first-order valence-electron chi connectivity index (χ1n) is 11.2. The molecule has 188 valence electrons. The first kappa shape index (κ1) is 26.7. The van der Waals surface area contributed by atoms with Crippen LogP contribution in [-0.2, 0) is 20.9 Å². The predicted molar refractivity (Wildman–Crippen MR) is 139 cm³/mol. The molecule has 1 saturated heterocycles. The number of anilines is 2. The van der Waals surface area contributed by atoms with Gasteiger partial charge in [-0.25, -0.2) is 0 Å². The number of ether oxygens (including phenoxy) is 1. The molecule has 3 N–H and O–H groups in total. The molecule has 3 rings (SSSR count). The van der Waals surface area contributed by atoms with Crippen LogP contribution in [0.2, 0.25) is 0 Å². The van der Waals surface area contributed by atoms with Gasteiger partial charge >= 0.3 is 0 Å². The maximum Gasteiger partial charge on any atom is 0.270 e. The van der Waals surface area contributed by atoms with E-state index in [0.717, 1.165) is 11.3 Å². The molecule has 0 unspecified atom stereocenters. The van der Waals surface area contributed by atoms with Gasteiger partial charge in [-0.2, -0.15) is 5.26 Å². The lowest BCUT2D eigenvalue weighted by Gasteiger charge is -2.28.